The Morgan fingerprint density at radius 1 is 1.27 bits per heavy atom. The summed E-state index contributed by atoms with van der Waals surface area (Å²) in [5, 5.41) is 4.19. The van der Waals surface area contributed by atoms with Gasteiger partial charge in [-0.3, -0.25) is 4.90 Å². The summed E-state index contributed by atoms with van der Waals surface area (Å²) in [6.07, 6.45) is 2.08. The number of benzene rings is 1. The van der Waals surface area contributed by atoms with Crippen molar-refractivity contribution in [3.63, 3.8) is 0 Å². The molecule has 0 bridgehead atoms. The minimum atomic E-state index is -0.806. The first-order valence-corrected chi connectivity index (χ1v) is 7.69. The van der Waals surface area contributed by atoms with E-state index in [0.717, 1.165) is 36.4 Å². The first kappa shape index (κ1) is 15.2. The Morgan fingerprint density at radius 3 is 2.77 bits per heavy atom. The van der Waals surface area contributed by atoms with Crippen LogP contribution < -0.4 is 0 Å². The molecule has 1 atom stereocenters. The standard InChI is InChI=1S/C17H20F2N2O/c1-11(2)17-9-15(20-22-17)16-4-3-7-21(16)10-12-5-6-13(18)14(19)8-12/h5-6,8-9,11,16H,3-4,7,10H2,1-2H3/t16-/m1/s1. The van der Waals surface area contributed by atoms with Crippen molar-refractivity contribution in [3.8, 4) is 0 Å². The first-order chi connectivity index (χ1) is 10.5. The fourth-order valence-electron chi connectivity index (χ4n) is 2.96. The lowest BCUT2D eigenvalue weighted by atomic mass is 10.1. The van der Waals surface area contributed by atoms with E-state index in [9.17, 15) is 8.78 Å². The van der Waals surface area contributed by atoms with Crippen LogP contribution in [0.25, 0.3) is 0 Å². The molecular formula is C17H20F2N2O. The molecule has 3 nitrogen and oxygen atoms in total. The Bertz CT molecular complexity index is 654. The minimum absolute atomic E-state index is 0.185. The summed E-state index contributed by atoms with van der Waals surface area (Å²) in [6, 6.07) is 6.29. The molecule has 22 heavy (non-hydrogen) atoms. The minimum Gasteiger partial charge on any atom is -0.361 e. The largest absolute Gasteiger partial charge is 0.361 e. The summed E-state index contributed by atoms with van der Waals surface area (Å²) in [5.74, 6) is -0.409. The molecule has 1 aromatic carbocycles. The predicted octanol–water partition coefficient (Wildman–Crippen LogP) is 4.41. The highest BCUT2D eigenvalue weighted by Crippen LogP contribution is 2.33. The van der Waals surface area contributed by atoms with Gasteiger partial charge in [-0.2, -0.15) is 0 Å². The summed E-state index contributed by atoms with van der Waals surface area (Å²) in [6.45, 7) is 5.65. The fraction of sp³-hybridized carbons (Fsp3) is 0.471. The van der Waals surface area contributed by atoms with Crippen LogP contribution in [0.4, 0.5) is 8.78 Å². The van der Waals surface area contributed by atoms with Crippen molar-refractivity contribution in [1.29, 1.82) is 0 Å². The second kappa shape index (κ2) is 6.16. The van der Waals surface area contributed by atoms with Gasteiger partial charge in [0.2, 0.25) is 0 Å². The zero-order valence-corrected chi connectivity index (χ0v) is 12.9. The van der Waals surface area contributed by atoms with E-state index in [-0.39, 0.29) is 6.04 Å². The van der Waals surface area contributed by atoms with Gasteiger partial charge in [-0.1, -0.05) is 25.1 Å². The molecule has 1 aliphatic heterocycles. The van der Waals surface area contributed by atoms with E-state index < -0.39 is 11.6 Å². The molecule has 0 unspecified atom stereocenters. The van der Waals surface area contributed by atoms with E-state index in [2.05, 4.69) is 23.9 Å². The van der Waals surface area contributed by atoms with Crippen molar-refractivity contribution < 1.29 is 13.3 Å². The summed E-state index contributed by atoms with van der Waals surface area (Å²) in [4.78, 5) is 2.24. The lowest BCUT2D eigenvalue weighted by Gasteiger charge is -2.22. The number of nitrogens with zero attached hydrogens (tertiary/aromatic N) is 2. The Labute approximate surface area is 128 Å². The lowest BCUT2D eigenvalue weighted by molar-refractivity contribution is 0.235. The summed E-state index contributed by atoms with van der Waals surface area (Å²) in [5.41, 5.74) is 1.71. The van der Waals surface area contributed by atoms with Gasteiger partial charge in [0.1, 0.15) is 11.5 Å². The van der Waals surface area contributed by atoms with Crippen LogP contribution in [0.5, 0.6) is 0 Å². The zero-order chi connectivity index (χ0) is 15.7. The quantitative estimate of drug-likeness (QED) is 0.837. The molecule has 2 aromatic rings. The molecule has 0 aliphatic carbocycles. The van der Waals surface area contributed by atoms with E-state index in [1.54, 1.807) is 6.07 Å². The zero-order valence-electron chi connectivity index (χ0n) is 12.9. The van der Waals surface area contributed by atoms with Crippen LogP contribution in [0.2, 0.25) is 0 Å². The van der Waals surface area contributed by atoms with Crippen LogP contribution in [0.15, 0.2) is 28.8 Å². The van der Waals surface area contributed by atoms with Crippen LogP contribution in [0.3, 0.4) is 0 Å². The van der Waals surface area contributed by atoms with E-state index in [4.69, 9.17) is 4.52 Å². The summed E-state index contributed by atoms with van der Waals surface area (Å²) < 4.78 is 31.8. The normalized spacial score (nSPS) is 19.2. The fourth-order valence-corrected chi connectivity index (χ4v) is 2.96. The van der Waals surface area contributed by atoms with Crippen LogP contribution in [0.1, 0.15) is 55.7 Å². The maximum absolute atomic E-state index is 13.3. The molecule has 3 rings (SSSR count). The number of rotatable bonds is 4. The molecule has 0 spiro atoms. The molecule has 1 aromatic heterocycles. The molecule has 1 saturated heterocycles. The van der Waals surface area contributed by atoms with Crippen molar-refractivity contribution in [2.45, 2.75) is 45.2 Å². The van der Waals surface area contributed by atoms with Gasteiger partial charge in [-0.15, -0.1) is 0 Å². The molecule has 0 radical (unpaired) electrons. The molecule has 5 heteroatoms. The third-order valence-corrected chi connectivity index (χ3v) is 4.19. The smallest absolute Gasteiger partial charge is 0.159 e. The third-order valence-electron chi connectivity index (χ3n) is 4.19. The maximum Gasteiger partial charge on any atom is 0.159 e. The lowest BCUT2D eigenvalue weighted by Crippen LogP contribution is -2.23. The molecule has 2 heterocycles. The van der Waals surface area contributed by atoms with Crippen molar-refractivity contribution in [1.82, 2.24) is 10.1 Å². The van der Waals surface area contributed by atoms with E-state index >= 15 is 0 Å². The second-order valence-corrected chi connectivity index (χ2v) is 6.19. The molecule has 1 fully saturated rings. The first-order valence-electron chi connectivity index (χ1n) is 7.69. The third kappa shape index (κ3) is 3.04. The highest BCUT2D eigenvalue weighted by Gasteiger charge is 2.29. The highest BCUT2D eigenvalue weighted by molar-refractivity contribution is 5.19. The van der Waals surface area contributed by atoms with Gasteiger partial charge in [-0.05, 0) is 37.1 Å². The topological polar surface area (TPSA) is 29.3 Å². The number of halogens is 2. The van der Waals surface area contributed by atoms with E-state index in [0.29, 0.717) is 12.5 Å². The van der Waals surface area contributed by atoms with Crippen LogP contribution >= 0.6 is 0 Å². The SMILES string of the molecule is CC(C)c1cc([C@H]2CCCN2Cc2ccc(F)c(F)c2)no1. The van der Waals surface area contributed by atoms with Crippen molar-refractivity contribution in [3.05, 3.63) is 52.9 Å². The number of hydrogen-bond donors (Lipinski definition) is 0. The van der Waals surface area contributed by atoms with Crippen LogP contribution in [-0.2, 0) is 6.54 Å². The van der Waals surface area contributed by atoms with Gasteiger partial charge in [0.05, 0.1) is 6.04 Å². The van der Waals surface area contributed by atoms with E-state index in [1.165, 1.54) is 12.1 Å². The van der Waals surface area contributed by atoms with Crippen molar-refractivity contribution in [2.24, 2.45) is 0 Å². The second-order valence-electron chi connectivity index (χ2n) is 6.19. The van der Waals surface area contributed by atoms with Gasteiger partial charge < -0.3 is 4.52 Å². The maximum atomic E-state index is 13.3. The molecular weight excluding hydrogens is 286 g/mol. The van der Waals surface area contributed by atoms with Gasteiger partial charge in [-0.25, -0.2) is 8.78 Å². The Morgan fingerprint density at radius 2 is 2.09 bits per heavy atom. The average Bonchev–Trinajstić information content (AvgIpc) is 3.11. The Kier molecular flexibility index (Phi) is 4.25. The Balaban J connectivity index is 1.76. The highest BCUT2D eigenvalue weighted by atomic mass is 19.2. The van der Waals surface area contributed by atoms with Gasteiger partial charge in [0, 0.05) is 18.5 Å². The van der Waals surface area contributed by atoms with Gasteiger partial charge in [0.15, 0.2) is 11.6 Å². The van der Waals surface area contributed by atoms with Gasteiger partial charge in [0.25, 0.3) is 0 Å². The molecule has 0 saturated carbocycles. The number of likely N-dealkylation sites (tertiary alicyclic amines) is 1. The summed E-state index contributed by atoms with van der Waals surface area (Å²) >= 11 is 0. The van der Waals surface area contributed by atoms with Crippen molar-refractivity contribution >= 4 is 0 Å². The predicted molar refractivity (Wildman–Crippen MR) is 79.3 cm³/mol. The molecule has 1 aliphatic rings. The number of aromatic nitrogens is 1. The molecule has 0 N–H and O–H groups in total. The Hall–Kier alpha value is -1.75. The summed E-state index contributed by atoms with van der Waals surface area (Å²) in [7, 11) is 0. The van der Waals surface area contributed by atoms with Crippen molar-refractivity contribution in [2.75, 3.05) is 6.54 Å². The average molecular weight is 306 g/mol. The molecule has 0 amide bonds. The van der Waals surface area contributed by atoms with E-state index in [1.807, 2.05) is 6.07 Å². The van der Waals surface area contributed by atoms with Crippen LogP contribution in [0, 0.1) is 11.6 Å². The number of hydrogen-bond acceptors (Lipinski definition) is 3. The monoisotopic (exact) mass is 306 g/mol. The van der Waals surface area contributed by atoms with Crippen LogP contribution in [-0.4, -0.2) is 16.6 Å². The van der Waals surface area contributed by atoms with Gasteiger partial charge >= 0.3 is 0 Å². The molecule has 118 valence electrons.